The molecular weight excluding hydrogens is 350 g/mol. The van der Waals surface area contributed by atoms with Crippen molar-refractivity contribution >= 4 is 38.7 Å². The van der Waals surface area contributed by atoms with Crippen LogP contribution in [0.5, 0.6) is 0 Å². The van der Waals surface area contributed by atoms with Crippen molar-refractivity contribution in [2.24, 2.45) is 0 Å². The predicted octanol–water partition coefficient (Wildman–Crippen LogP) is 4.76. The van der Waals surface area contributed by atoms with E-state index in [4.69, 9.17) is 4.98 Å². The molecule has 1 atom stereocenters. The van der Waals surface area contributed by atoms with Crippen LogP contribution < -0.4 is 0 Å². The van der Waals surface area contributed by atoms with E-state index < -0.39 is 0 Å². The van der Waals surface area contributed by atoms with Crippen molar-refractivity contribution in [2.75, 3.05) is 0 Å². The van der Waals surface area contributed by atoms with E-state index in [1.54, 1.807) is 22.7 Å². The maximum atomic E-state index is 12.8. The molecule has 0 saturated carbocycles. The van der Waals surface area contributed by atoms with Gasteiger partial charge in [-0.05, 0) is 36.9 Å². The van der Waals surface area contributed by atoms with Gasteiger partial charge in [0.1, 0.15) is 0 Å². The summed E-state index contributed by atoms with van der Waals surface area (Å²) in [5.74, 6) is 0.439. The number of hydrogen-bond acceptors (Lipinski definition) is 5. The average Bonchev–Trinajstić information content (AvgIpc) is 3.32. The van der Waals surface area contributed by atoms with E-state index >= 15 is 0 Å². The van der Waals surface area contributed by atoms with Crippen LogP contribution in [0.1, 0.15) is 39.0 Å². The Labute approximate surface area is 152 Å². The van der Waals surface area contributed by atoms with Crippen LogP contribution in [0.3, 0.4) is 0 Å². The minimum atomic E-state index is 0.199. The van der Waals surface area contributed by atoms with Gasteiger partial charge in [-0.2, -0.15) is 5.10 Å². The molecule has 4 aromatic rings. The maximum absolute atomic E-state index is 12.8. The number of carbonyl (C=O) groups excluding carboxylic acids is 1. The Morgan fingerprint density at radius 1 is 1.16 bits per heavy atom. The molecule has 0 N–H and O–H groups in total. The fraction of sp³-hybridized carbons (Fsp3) is 0.211. The first-order valence-electron chi connectivity index (χ1n) is 8.22. The van der Waals surface area contributed by atoms with Crippen molar-refractivity contribution in [2.45, 2.75) is 25.7 Å². The molecule has 0 radical (unpaired) electrons. The number of ketones is 1. The van der Waals surface area contributed by atoms with Crippen LogP contribution in [0.4, 0.5) is 0 Å². The topological polar surface area (TPSA) is 47.8 Å². The number of thiophene rings is 1. The molecule has 1 aliphatic carbocycles. The maximum Gasteiger partial charge on any atom is 0.211 e. The second-order valence-electron chi connectivity index (χ2n) is 6.33. The summed E-state index contributed by atoms with van der Waals surface area (Å²) in [5.41, 5.74) is 3.59. The monoisotopic (exact) mass is 365 g/mol. The Morgan fingerprint density at radius 2 is 2.04 bits per heavy atom. The summed E-state index contributed by atoms with van der Waals surface area (Å²) < 4.78 is 3.03. The van der Waals surface area contributed by atoms with Crippen molar-refractivity contribution in [3.8, 4) is 5.13 Å². The van der Waals surface area contributed by atoms with Crippen molar-refractivity contribution in [1.82, 2.24) is 14.8 Å². The lowest BCUT2D eigenvalue weighted by atomic mass is 9.85. The number of thiazole rings is 1. The minimum absolute atomic E-state index is 0.199. The van der Waals surface area contributed by atoms with Crippen LogP contribution in [0, 0.1) is 6.92 Å². The summed E-state index contributed by atoms with van der Waals surface area (Å²) in [6.45, 7) is 1.92. The number of nitrogens with zero attached hydrogens (tertiary/aromatic N) is 3. The number of Topliss-reactive ketones (excluding diaryl/α,β-unsaturated/α-hetero) is 1. The molecule has 0 aliphatic heterocycles. The summed E-state index contributed by atoms with van der Waals surface area (Å²) in [5, 5.41) is 7.58. The van der Waals surface area contributed by atoms with E-state index in [0.29, 0.717) is 6.42 Å². The van der Waals surface area contributed by atoms with Crippen molar-refractivity contribution < 1.29 is 4.79 Å². The van der Waals surface area contributed by atoms with E-state index in [9.17, 15) is 4.79 Å². The summed E-state index contributed by atoms with van der Waals surface area (Å²) in [6.07, 6.45) is 1.40. The molecule has 6 heteroatoms. The largest absolute Gasteiger partial charge is 0.294 e. The molecule has 124 valence electrons. The first kappa shape index (κ1) is 15.0. The number of benzene rings is 1. The third-order valence-corrected chi connectivity index (χ3v) is 6.76. The number of para-hydroxylation sites is 1. The zero-order valence-electron chi connectivity index (χ0n) is 13.6. The SMILES string of the molecule is Cc1nn(-c2nc3ccccc3s2)c2c1C(=O)CC(c1cccs1)C2. The van der Waals surface area contributed by atoms with Gasteiger partial charge >= 0.3 is 0 Å². The zero-order valence-corrected chi connectivity index (χ0v) is 15.2. The molecule has 0 fully saturated rings. The lowest BCUT2D eigenvalue weighted by Crippen LogP contribution is -2.20. The molecule has 5 rings (SSSR count). The quantitative estimate of drug-likeness (QED) is 0.514. The number of aromatic nitrogens is 3. The molecule has 1 unspecified atom stereocenters. The predicted molar refractivity (Wildman–Crippen MR) is 101 cm³/mol. The van der Waals surface area contributed by atoms with Crippen LogP contribution in [-0.4, -0.2) is 20.5 Å². The van der Waals surface area contributed by atoms with Gasteiger partial charge in [0.15, 0.2) is 5.78 Å². The second-order valence-corrected chi connectivity index (χ2v) is 8.32. The summed E-state index contributed by atoms with van der Waals surface area (Å²) in [7, 11) is 0. The molecule has 0 amide bonds. The fourth-order valence-electron chi connectivity index (χ4n) is 3.59. The van der Waals surface area contributed by atoms with Crippen LogP contribution in [0.15, 0.2) is 41.8 Å². The van der Waals surface area contributed by atoms with Gasteiger partial charge in [0.05, 0.1) is 27.2 Å². The molecule has 1 aliphatic rings. The lowest BCUT2D eigenvalue weighted by molar-refractivity contribution is 0.0963. The van der Waals surface area contributed by atoms with Crippen LogP contribution in [-0.2, 0) is 6.42 Å². The van der Waals surface area contributed by atoms with Gasteiger partial charge in [-0.3, -0.25) is 4.79 Å². The highest BCUT2D eigenvalue weighted by atomic mass is 32.1. The van der Waals surface area contributed by atoms with E-state index in [1.165, 1.54) is 4.88 Å². The molecule has 0 bridgehead atoms. The van der Waals surface area contributed by atoms with Crippen molar-refractivity contribution in [1.29, 1.82) is 0 Å². The van der Waals surface area contributed by atoms with Crippen LogP contribution in [0.2, 0.25) is 0 Å². The van der Waals surface area contributed by atoms with Gasteiger partial charge in [-0.1, -0.05) is 29.5 Å². The van der Waals surface area contributed by atoms with Gasteiger partial charge in [0, 0.05) is 17.2 Å². The van der Waals surface area contributed by atoms with E-state index in [2.05, 4.69) is 28.7 Å². The molecule has 4 nitrogen and oxygen atoms in total. The molecule has 25 heavy (non-hydrogen) atoms. The highest BCUT2D eigenvalue weighted by Crippen LogP contribution is 2.37. The molecule has 3 heterocycles. The Kier molecular flexibility index (Phi) is 3.36. The van der Waals surface area contributed by atoms with E-state index in [-0.39, 0.29) is 11.7 Å². The molecule has 3 aromatic heterocycles. The number of hydrogen-bond donors (Lipinski definition) is 0. The zero-order chi connectivity index (χ0) is 17.0. The van der Waals surface area contributed by atoms with E-state index in [0.717, 1.165) is 38.7 Å². The first-order valence-corrected chi connectivity index (χ1v) is 9.91. The first-order chi connectivity index (χ1) is 12.2. The van der Waals surface area contributed by atoms with Crippen molar-refractivity contribution in [3.63, 3.8) is 0 Å². The highest BCUT2D eigenvalue weighted by Gasteiger charge is 2.33. The Morgan fingerprint density at radius 3 is 2.84 bits per heavy atom. The molecule has 0 spiro atoms. The molecule has 0 saturated heterocycles. The smallest absolute Gasteiger partial charge is 0.211 e. The summed E-state index contributed by atoms with van der Waals surface area (Å²) in [6, 6.07) is 12.3. The number of aryl methyl sites for hydroxylation is 1. The third-order valence-electron chi connectivity index (χ3n) is 4.72. The third kappa shape index (κ3) is 2.36. The van der Waals surface area contributed by atoms with Gasteiger partial charge in [-0.15, -0.1) is 11.3 Å². The highest BCUT2D eigenvalue weighted by molar-refractivity contribution is 7.20. The fourth-order valence-corrected chi connectivity index (χ4v) is 5.36. The van der Waals surface area contributed by atoms with Gasteiger partial charge in [0.25, 0.3) is 0 Å². The van der Waals surface area contributed by atoms with E-state index in [1.807, 2.05) is 29.8 Å². The van der Waals surface area contributed by atoms with Gasteiger partial charge < -0.3 is 0 Å². The lowest BCUT2D eigenvalue weighted by Gasteiger charge is -2.21. The number of rotatable bonds is 2. The van der Waals surface area contributed by atoms with Gasteiger partial charge in [-0.25, -0.2) is 9.67 Å². The summed E-state index contributed by atoms with van der Waals surface area (Å²) >= 11 is 3.34. The number of carbonyl (C=O) groups is 1. The Balaban J connectivity index is 1.65. The standard InChI is InChI=1S/C19H15N3OS2/c1-11-18-14(9-12(10-15(18)23)16-7-4-8-24-16)22(21-11)19-20-13-5-2-3-6-17(13)25-19/h2-8,12H,9-10H2,1H3. The molecule has 1 aromatic carbocycles. The normalized spacial score (nSPS) is 17.2. The minimum Gasteiger partial charge on any atom is -0.294 e. The van der Waals surface area contributed by atoms with Crippen LogP contribution in [0.25, 0.3) is 15.3 Å². The number of fused-ring (bicyclic) bond motifs is 2. The van der Waals surface area contributed by atoms with Gasteiger partial charge in [0.2, 0.25) is 5.13 Å². The molecular formula is C19H15N3OS2. The second kappa shape index (κ2) is 5.61. The Bertz CT molecular complexity index is 1060. The summed E-state index contributed by atoms with van der Waals surface area (Å²) in [4.78, 5) is 18.8. The average molecular weight is 365 g/mol. The van der Waals surface area contributed by atoms with Crippen LogP contribution >= 0.6 is 22.7 Å². The Hall–Kier alpha value is -2.31. The van der Waals surface area contributed by atoms with Crippen molar-refractivity contribution in [3.05, 3.63) is 63.6 Å².